The number of allylic oxidation sites excluding steroid dienone is 5. The summed E-state index contributed by atoms with van der Waals surface area (Å²) < 4.78 is 0. The summed E-state index contributed by atoms with van der Waals surface area (Å²) in [5.74, 6) is -0.0776. The molecule has 1 amide bonds. The molecule has 294 valence electrons. The number of amides is 1. The van der Waals surface area contributed by atoms with Gasteiger partial charge in [-0.3, -0.25) is 4.79 Å². The summed E-state index contributed by atoms with van der Waals surface area (Å²) in [6, 6.07) is -0.640. The van der Waals surface area contributed by atoms with E-state index in [1.54, 1.807) is 6.08 Å². The van der Waals surface area contributed by atoms with E-state index < -0.39 is 12.1 Å². The van der Waals surface area contributed by atoms with Crippen molar-refractivity contribution in [3.8, 4) is 0 Å². The predicted molar refractivity (Wildman–Crippen MR) is 221 cm³/mol. The molecule has 2 atom stereocenters. The summed E-state index contributed by atoms with van der Waals surface area (Å²) in [5, 5.41) is 23.0. The van der Waals surface area contributed by atoms with E-state index >= 15 is 0 Å². The van der Waals surface area contributed by atoms with Crippen LogP contribution in [0.25, 0.3) is 0 Å². The molecule has 0 aromatic heterocycles. The number of hydrogen-bond acceptors (Lipinski definition) is 3. The third-order valence-electron chi connectivity index (χ3n) is 10.1. The highest BCUT2D eigenvalue weighted by Crippen LogP contribution is 2.14. The normalized spacial score (nSPS) is 13.3. The minimum Gasteiger partial charge on any atom is -0.394 e. The standard InChI is InChI=1S/C46H87NO3/c1-3-5-7-9-11-13-15-17-19-21-23-24-25-27-29-31-33-35-37-39-41-45(49)44(43-48)47-46(50)42-40-38-36-34-32-30-28-26-22-20-18-16-14-12-10-8-6-4-2/h20,22,31,33,39,41,44-45,48-49H,3-19,21,23-30,32,34-38,40,42-43H2,1-2H3,(H,47,50)/b22-20-,33-31+,41-39+. The number of unbranched alkanes of at least 4 members (excludes halogenated alkanes) is 29. The molecule has 0 bridgehead atoms. The smallest absolute Gasteiger partial charge is 0.220 e. The van der Waals surface area contributed by atoms with E-state index in [4.69, 9.17) is 0 Å². The Morgan fingerprint density at radius 1 is 0.460 bits per heavy atom. The van der Waals surface area contributed by atoms with Gasteiger partial charge in [0.25, 0.3) is 0 Å². The first-order valence-electron chi connectivity index (χ1n) is 22.2. The van der Waals surface area contributed by atoms with E-state index in [-0.39, 0.29) is 12.5 Å². The van der Waals surface area contributed by atoms with Gasteiger partial charge in [0.2, 0.25) is 5.91 Å². The molecular formula is C46H87NO3. The summed E-state index contributed by atoms with van der Waals surface area (Å²) in [4.78, 5) is 12.4. The topological polar surface area (TPSA) is 69.6 Å². The molecule has 4 nitrogen and oxygen atoms in total. The van der Waals surface area contributed by atoms with Crippen molar-refractivity contribution < 1.29 is 15.0 Å². The van der Waals surface area contributed by atoms with Crippen molar-refractivity contribution in [1.29, 1.82) is 0 Å². The van der Waals surface area contributed by atoms with Crippen LogP contribution in [0.1, 0.15) is 232 Å². The first-order valence-corrected chi connectivity index (χ1v) is 22.2. The number of aliphatic hydroxyl groups is 2. The van der Waals surface area contributed by atoms with Crippen LogP contribution >= 0.6 is 0 Å². The molecule has 0 aromatic carbocycles. The molecule has 0 rings (SSSR count). The number of nitrogens with one attached hydrogen (secondary N) is 1. The average molecular weight is 702 g/mol. The molecule has 0 spiro atoms. The van der Waals surface area contributed by atoms with Gasteiger partial charge in [0.1, 0.15) is 0 Å². The molecule has 0 saturated heterocycles. The van der Waals surface area contributed by atoms with Crippen molar-refractivity contribution in [3.63, 3.8) is 0 Å². The van der Waals surface area contributed by atoms with Gasteiger partial charge < -0.3 is 15.5 Å². The third kappa shape index (κ3) is 37.9. The van der Waals surface area contributed by atoms with Crippen LogP contribution in [-0.4, -0.2) is 34.9 Å². The van der Waals surface area contributed by atoms with Crippen LogP contribution in [-0.2, 0) is 4.79 Å². The van der Waals surface area contributed by atoms with Gasteiger partial charge in [0, 0.05) is 6.42 Å². The van der Waals surface area contributed by atoms with E-state index in [1.807, 2.05) is 6.08 Å². The van der Waals surface area contributed by atoms with Crippen molar-refractivity contribution in [2.75, 3.05) is 6.61 Å². The molecule has 0 saturated carbocycles. The van der Waals surface area contributed by atoms with E-state index in [1.165, 1.54) is 180 Å². The molecule has 0 aliphatic carbocycles. The molecule has 3 N–H and O–H groups in total. The van der Waals surface area contributed by atoms with Crippen molar-refractivity contribution in [1.82, 2.24) is 5.32 Å². The van der Waals surface area contributed by atoms with E-state index in [0.29, 0.717) is 6.42 Å². The van der Waals surface area contributed by atoms with Crippen molar-refractivity contribution in [3.05, 3.63) is 36.5 Å². The van der Waals surface area contributed by atoms with Crippen LogP contribution in [0.2, 0.25) is 0 Å². The highest BCUT2D eigenvalue weighted by molar-refractivity contribution is 5.76. The summed E-state index contributed by atoms with van der Waals surface area (Å²) in [6.45, 7) is 4.30. The maximum Gasteiger partial charge on any atom is 0.220 e. The van der Waals surface area contributed by atoms with Crippen LogP contribution < -0.4 is 5.32 Å². The van der Waals surface area contributed by atoms with Gasteiger partial charge in [0.05, 0.1) is 18.8 Å². The lowest BCUT2D eigenvalue weighted by molar-refractivity contribution is -0.123. The van der Waals surface area contributed by atoms with Crippen molar-refractivity contribution in [2.24, 2.45) is 0 Å². The predicted octanol–water partition coefficient (Wildman–Crippen LogP) is 13.8. The van der Waals surface area contributed by atoms with Gasteiger partial charge in [-0.2, -0.15) is 0 Å². The fourth-order valence-corrected chi connectivity index (χ4v) is 6.66. The second-order valence-electron chi connectivity index (χ2n) is 15.1. The van der Waals surface area contributed by atoms with Crippen LogP contribution in [0.4, 0.5) is 0 Å². The Labute approximate surface area is 312 Å². The summed E-state index contributed by atoms with van der Waals surface area (Å²) in [5.41, 5.74) is 0. The molecule has 0 aliphatic rings. The van der Waals surface area contributed by atoms with Crippen LogP contribution in [0.3, 0.4) is 0 Å². The Morgan fingerprint density at radius 2 is 0.780 bits per heavy atom. The van der Waals surface area contributed by atoms with Crippen molar-refractivity contribution >= 4 is 5.91 Å². The lowest BCUT2D eigenvalue weighted by atomic mass is 10.0. The highest BCUT2D eigenvalue weighted by atomic mass is 16.3. The molecule has 0 heterocycles. The molecule has 0 aromatic rings. The Hall–Kier alpha value is -1.39. The Balaban J connectivity index is 3.61. The Morgan fingerprint density at radius 3 is 1.16 bits per heavy atom. The largest absolute Gasteiger partial charge is 0.394 e. The van der Waals surface area contributed by atoms with Gasteiger partial charge in [-0.25, -0.2) is 0 Å². The molecule has 4 heteroatoms. The zero-order valence-electron chi connectivity index (χ0n) is 33.7. The van der Waals surface area contributed by atoms with E-state index in [2.05, 4.69) is 43.5 Å². The quantitative estimate of drug-likeness (QED) is 0.0440. The van der Waals surface area contributed by atoms with Crippen LogP contribution in [0, 0.1) is 0 Å². The molecular weight excluding hydrogens is 615 g/mol. The fraction of sp³-hybridized carbons (Fsp3) is 0.848. The lowest BCUT2D eigenvalue weighted by Gasteiger charge is -2.19. The first kappa shape index (κ1) is 48.6. The molecule has 50 heavy (non-hydrogen) atoms. The molecule has 0 radical (unpaired) electrons. The second-order valence-corrected chi connectivity index (χ2v) is 15.1. The van der Waals surface area contributed by atoms with Gasteiger partial charge in [-0.15, -0.1) is 0 Å². The van der Waals surface area contributed by atoms with Gasteiger partial charge in [0.15, 0.2) is 0 Å². The number of hydrogen-bond donors (Lipinski definition) is 3. The van der Waals surface area contributed by atoms with E-state index in [9.17, 15) is 15.0 Å². The third-order valence-corrected chi connectivity index (χ3v) is 10.1. The minimum atomic E-state index is -0.862. The number of carbonyl (C=O) groups excluding carboxylic acids is 1. The molecule has 0 fully saturated rings. The van der Waals surface area contributed by atoms with Crippen molar-refractivity contribution in [2.45, 2.75) is 244 Å². The summed E-state index contributed by atoms with van der Waals surface area (Å²) >= 11 is 0. The maximum absolute atomic E-state index is 12.4. The van der Waals surface area contributed by atoms with Gasteiger partial charge in [-0.05, 0) is 57.8 Å². The SMILES string of the molecule is CCCCCCCCC/C=C\CCCCCCCCCC(=O)NC(CO)C(O)/C=C/CC/C=C/CCCCCCCCCCCCCCCC. The van der Waals surface area contributed by atoms with E-state index in [0.717, 1.165) is 32.1 Å². The monoisotopic (exact) mass is 702 g/mol. The number of carbonyl (C=O) groups is 1. The van der Waals surface area contributed by atoms with Gasteiger partial charge in [-0.1, -0.05) is 204 Å². The van der Waals surface area contributed by atoms with Crippen LogP contribution in [0.5, 0.6) is 0 Å². The van der Waals surface area contributed by atoms with Crippen LogP contribution in [0.15, 0.2) is 36.5 Å². The highest BCUT2D eigenvalue weighted by Gasteiger charge is 2.17. The Bertz CT molecular complexity index is 760. The maximum atomic E-state index is 12.4. The molecule has 0 aliphatic heterocycles. The Kier molecular flexibility index (Phi) is 40.9. The summed E-state index contributed by atoms with van der Waals surface area (Å²) in [6.07, 6.45) is 55.4. The average Bonchev–Trinajstić information content (AvgIpc) is 3.12. The fourth-order valence-electron chi connectivity index (χ4n) is 6.66. The zero-order valence-corrected chi connectivity index (χ0v) is 33.7. The first-order chi connectivity index (χ1) is 24.7. The minimum absolute atomic E-state index is 0.0776. The lowest BCUT2D eigenvalue weighted by Crippen LogP contribution is -2.45. The second kappa shape index (κ2) is 42.0. The molecule has 2 unspecified atom stereocenters. The van der Waals surface area contributed by atoms with Gasteiger partial charge >= 0.3 is 0 Å². The zero-order chi connectivity index (χ0) is 36.4. The number of rotatable bonds is 40. The summed E-state index contributed by atoms with van der Waals surface area (Å²) in [7, 11) is 0. The number of aliphatic hydroxyl groups excluding tert-OH is 2.